The van der Waals surface area contributed by atoms with Gasteiger partial charge >= 0.3 is 12.5 Å². The largest absolute Gasteiger partial charge is 0.461 e. The first kappa shape index (κ1) is 28.3. The average Bonchev–Trinajstić information content (AvgIpc) is 2.88. The molecule has 0 fully saturated rings. The molecule has 3 aromatic carbocycles. The Morgan fingerprint density at radius 3 is 2.51 bits per heavy atom. The number of alkyl halides is 4. The highest BCUT2D eigenvalue weighted by Gasteiger charge is 2.44. The number of halogens is 5. The van der Waals surface area contributed by atoms with E-state index in [-0.39, 0.29) is 6.42 Å². The molecule has 4 nitrogen and oxygen atoms in total. The standard InChI is InChI=1S/C30H28F5NO3/c31-22-15-13-21(14-16-22)27(37)26(18-19-7-5-10-23(17-19)39-30(34,35)29(32)33)36-28(38)25-12-6-9-20-8-3-1-2-4-11-24(20)25/h4-7,9-17,26-27,29,37H,1-3,8,18H2,(H,36,38)/b11-4-. The van der Waals surface area contributed by atoms with Gasteiger partial charge in [-0.2, -0.15) is 17.6 Å². The molecule has 0 bridgehead atoms. The summed E-state index contributed by atoms with van der Waals surface area (Å²) in [5.41, 5.74) is 2.89. The second-order valence-corrected chi connectivity index (χ2v) is 9.42. The van der Waals surface area contributed by atoms with E-state index in [4.69, 9.17) is 0 Å². The monoisotopic (exact) mass is 545 g/mol. The van der Waals surface area contributed by atoms with Crippen molar-refractivity contribution in [1.82, 2.24) is 5.32 Å². The predicted molar refractivity (Wildman–Crippen MR) is 137 cm³/mol. The summed E-state index contributed by atoms with van der Waals surface area (Å²) >= 11 is 0. The Balaban J connectivity index is 1.63. The summed E-state index contributed by atoms with van der Waals surface area (Å²) < 4.78 is 69.8. The molecule has 0 radical (unpaired) electrons. The van der Waals surface area contributed by atoms with E-state index in [1.165, 1.54) is 36.4 Å². The van der Waals surface area contributed by atoms with Gasteiger partial charge in [0.15, 0.2) is 0 Å². The molecule has 2 unspecified atom stereocenters. The van der Waals surface area contributed by atoms with Crippen LogP contribution in [-0.2, 0) is 12.8 Å². The molecule has 3 aromatic rings. The molecule has 2 atom stereocenters. The Morgan fingerprint density at radius 2 is 1.77 bits per heavy atom. The number of hydrogen-bond donors (Lipinski definition) is 2. The lowest BCUT2D eigenvalue weighted by molar-refractivity contribution is -0.253. The van der Waals surface area contributed by atoms with Crippen LogP contribution in [0.3, 0.4) is 0 Å². The molecule has 0 aromatic heterocycles. The van der Waals surface area contributed by atoms with E-state index in [9.17, 15) is 31.9 Å². The SMILES string of the molecule is O=C(NC(Cc1cccc(OC(F)(F)C(F)F)c1)C(O)c1ccc(F)cc1)c1cccc2c1/C=C\CCCC2. The van der Waals surface area contributed by atoms with Crippen LogP contribution >= 0.6 is 0 Å². The molecule has 9 heteroatoms. The Hall–Kier alpha value is -3.72. The molecule has 1 aliphatic carbocycles. The van der Waals surface area contributed by atoms with Gasteiger partial charge in [-0.3, -0.25) is 4.79 Å². The summed E-state index contributed by atoms with van der Waals surface area (Å²) in [6.45, 7) is 0. The van der Waals surface area contributed by atoms with Gasteiger partial charge in [0.25, 0.3) is 5.91 Å². The molecule has 39 heavy (non-hydrogen) atoms. The number of allylic oxidation sites excluding steroid dienone is 1. The highest BCUT2D eigenvalue weighted by atomic mass is 19.3. The second kappa shape index (κ2) is 12.4. The number of hydrogen-bond acceptors (Lipinski definition) is 3. The molecule has 0 spiro atoms. The van der Waals surface area contributed by atoms with Gasteiger partial charge in [-0.25, -0.2) is 4.39 Å². The summed E-state index contributed by atoms with van der Waals surface area (Å²) in [5.74, 6) is -1.46. The van der Waals surface area contributed by atoms with E-state index in [1.807, 2.05) is 18.2 Å². The summed E-state index contributed by atoms with van der Waals surface area (Å²) in [5, 5.41) is 14.0. The number of rotatable bonds is 9. The third-order valence-electron chi connectivity index (χ3n) is 6.56. The van der Waals surface area contributed by atoms with Crippen molar-refractivity contribution in [2.24, 2.45) is 0 Å². The van der Waals surface area contributed by atoms with Crippen LogP contribution in [0.1, 0.15) is 58.0 Å². The first-order valence-electron chi connectivity index (χ1n) is 12.6. The summed E-state index contributed by atoms with van der Waals surface area (Å²) in [7, 11) is 0. The topological polar surface area (TPSA) is 58.6 Å². The molecular formula is C30H28F5NO3. The van der Waals surface area contributed by atoms with Gasteiger partial charge in [0.05, 0.1) is 12.1 Å². The third-order valence-corrected chi connectivity index (χ3v) is 6.56. The van der Waals surface area contributed by atoms with Crippen LogP contribution in [0.5, 0.6) is 5.75 Å². The molecular weight excluding hydrogens is 517 g/mol. The van der Waals surface area contributed by atoms with Gasteiger partial charge in [0.2, 0.25) is 0 Å². The summed E-state index contributed by atoms with van der Waals surface area (Å²) in [6.07, 6.45) is -2.40. The smallest absolute Gasteiger partial charge is 0.428 e. The molecule has 0 saturated heterocycles. The minimum Gasteiger partial charge on any atom is -0.428 e. The Morgan fingerprint density at radius 1 is 1.03 bits per heavy atom. The number of ether oxygens (including phenoxy) is 1. The van der Waals surface area contributed by atoms with Gasteiger partial charge in [-0.15, -0.1) is 0 Å². The van der Waals surface area contributed by atoms with E-state index in [0.717, 1.165) is 48.9 Å². The number of benzene rings is 3. The van der Waals surface area contributed by atoms with E-state index >= 15 is 0 Å². The molecule has 206 valence electrons. The van der Waals surface area contributed by atoms with Crippen molar-refractivity contribution in [2.45, 2.75) is 56.8 Å². The maximum absolute atomic E-state index is 13.5. The predicted octanol–water partition coefficient (Wildman–Crippen LogP) is 6.88. The van der Waals surface area contributed by atoms with Gasteiger partial charge < -0.3 is 15.2 Å². The van der Waals surface area contributed by atoms with Gasteiger partial charge in [-0.1, -0.05) is 48.6 Å². The summed E-state index contributed by atoms with van der Waals surface area (Å²) in [6, 6.07) is 14.7. The van der Waals surface area contributed by atoms with Crippen molar-refractivity contribution in [2.75, 3.05) is 0 Å². The van der Waals surface area contributed by atoms with E-state index in [2.05, 4.69) is 10.1 Å². The van der Waals surface area contributed by atoms with Crippen molar-refractivity contribution in [3.8, 4) is 5.75 Å². The van der Waals surface area contributed by atoms with Crippen molar-refractivity contribution >= 4 is 12.0 Å². The number of aryl methyl sites for hydroxylation is 1. The molecule has 2 N–H and O–H groups in total. The highest BCUT2D eigenvalue weighted by Crippen LogP contribution is 2.29. The lowest BCUT2D eigenvalue weighted by Gasteiger charge is -2.26. The van der Waals surface area contributed by atoms with E-state index < -0.39 is 42.2 Å². The third kappa shape index (κ3) is 7.23. The Bertz CT molecular complexity index is 1310. The van der Waals surface area contributed by atoms with Crippen LogP contribution in [-0.4, -0.2) is 29.6 Å². The minimum atomic E-state index is -4.68. The van der Waals surface area contributed by atoms with Crippen LogP contribution in [0.25, 0.3) is 6.08 Å². The van der Waals surface area contributed by atoms with Crippen LogP contribution in [0.4, 0.5) is 22.0 Å². The van der Waals surface area contributed by atoms with Crippen LogP contribution in [0.2, 0.25) is 0 Å². The maximum atomic E-state index is 13.5. The van der Waals surface area contributed by atoms with Crippen molar-refractivity contribution < 1.29 is 36.6 Å². The first-order chi connectivity index (χ1) is 18.6. The van der Waals surface area contributed by atoms with Crippen molar-refractivity contribution in [3.05, 3.63) is 106 Å². The molecule has 4 rings (SSSR count). The fraction of sp³-hybridized carbons (Fsp3) is 0.300. The molecule has 0 aliphatic heterocycles. The quantitative estimate of drug-likeness (QED) is 0.289. The minimum absolute atomic E-state index is 0.0629. The molecule has 0 heterocycles. The average molecular weight is 546 g/mol. The number of carbonyl (C=O) groups is 1. The fourth-order valence-electron chi connectivity index (χ4n) is 4.58. The molecule has 0 saturated carbocycles. The highest BCUT2D eigenvalue weighted by molar-refractivity contribution is 5.98. The lowest BCUT2D eigenvalue weighted by Crippen LogP contribution is -2.41. The van der Waals surface area contributed by atoms with Crippen molar-refractivity contribution in [3.63, 3.8) is 0 Å². The molecule has 1 amide bonds. The van der Waals surface area contributed by atoms with E-state index in [0.29, 0.717) is 16.7 Å². The van der Waals surface area contributed by atoms with Gasteiger partial charge in [0.1, 0.15) is 11.6 Å². The number of fused-ring (bicyclic) bond motifs is 1. The van der Waals surface area contributed by atoms with Gasteiger partial charge in [0, 0.05) is 5.56 Å². The fourth-order valence-corrected chi connectivity index (χ4v) is 4.58. The zero-order chi connectivity index (χ0) is 28.0. The number of aliphatic hydroxyl groups is 1. The maximum Gasteiger partial charge on any atom is 0.461 e. The zero-order valence-electron chi connectivity index (χ0n) is 20.9. The van der Waals surface area contributed by atoms with Crippen molar-refractivity contribution in [1.29, 1.82) is 0 Å². The Labute approximate surface area is 223 Å². The first-order valence-corrected chi connectivity index (χ1v) is 12.6. The van der Waals surface area contributed by atoms with E-state index in [1.54, 1.807) is 12.1 Å². The molecule has 1 aliphatic rings. The van der Waals surface area contributed by atoms with Crippen LogP contribution < -0.4 is 10.1 Å². The summed E-state index contributed by atoms with van der Waals surface area (Å²) in [4.78, 5) is 13.5. The number of amides is 1. The van der Waals surface area contributed by atoms with Gasteiger partial charge in [-0.05, 0) is 84.7 Å². The van der Waals surface area contributed by atoms with Crippen LogP contribution in [0.15, 0.2) is 72.8 Å². The number of nitrogens with one attached hydrogen (secondary N) is 1. The second-order valence-electron chi connectivity index (χ2n) is 9.42. The zero-order valence-corrected chi connectivity index (χ0v) is 20.9. The number of aliphatic hydroxyl groups excluding tert-OH is 1. The normalized spacial score (nSPS) is 16.0. The van der Waals surface area contributed by atoms with Crippen LogP contribution in [0, 0.1) is 5.82 Å². The Kier molecular flexibility index (Phi) is 9.01. The number of carbonyl (C=O) groups excluding carboxylic acids is 1. The lowest BCUT2D eigenvalue weighted by atomic mass is 9.92.